The first-order chi connectivity index (χ1) is 18.0. The Morgan fingerprint density at radius 3 is 2.33 bits per heavy atom. The Morgan fingerprint density at radius 2 is 1.77 bits per heavy atom. The summed E-state index contributed by atoms with van der Waals surface area (Å²) in [5, 5.41) is 22.2. The first-order valence-corrected chi connectivity index (χ1v) is 12.6. The number of rotatable bonds is 4. The molecule has 2 saturated carbocycles. The van der Waals surface area contributed by atoms with E-state index in [1.165, 1.54) is 43.3 Å². The highest BCUT2D eigenvalue weighted by atomic mass is 16.6. The maximum absolute atomic E-state index is 13.8. The lowest BCUT2D eigenvalue weighted by molar-refractivity contribution is -0.181. The number of aromatic hydroxyl groups is 1. The van der Waals surface area contributed by atoms with E-state index in [1.54, 1.807) is 20.8 Å². The maximum atomic E-state index is 13.8. The highest BCUT2D eigenvalue weighted by Crippen LogP contribution is 2.51. The number of amides is 1. The van der Waals surface area contributed by atoms with Crippen LogP contribution in [0.1, 0.15) is 48.7 Å². The predicted octanol–water partition coefficient (Wildman–Crippen LogP) is 0.222. The first-order valence-electron chi connectivity index (χ1n) is 12.6. The average Bonchev–Trinajstić information content (AvgIpc) is 2.79. The third kappa shape index (κ3) is 4.49. The minimum absolute atomic E-state index is 0.0607. The smallest absolute Gasteiger partial charge is 0.331 e. The monoisotopic (exact) mass is 540 g/mol. The summed E-state index contributed by atoms with van der Waals surface area (Å²) >= 11 is 0. The molecule has 0 saturated heterocycles. The number of nitrogens with two attached hydrogens (primary N) is 1. The van der Waals surface area contributed by atoms with Gasteiger partial charge in [-0.3, -0.25) is 28.9 Å². The number of fused-ring (bicyclic) bond motifs is 3. The number of primary amides is 1. The van der Waals surface area contributed by atoms with Crippen molar-refractivity contribution in [2.75, 3.05) is 14.1 Å². The second-order valence-electron chi connectivity index (χ2n) is 11.7. The molecule has 0 radical (unpaired) electrons. The van der Waals surface area contributed by atoms with Gasteiger partial charge in [-0.15, -0.1) is 0 Å². The van der Waals surface area contributed by atoms with E-state index < -0.39 is 81.7 Å². The molecular formula is C28H32N2O9. The minimum Gasteiger partial charge on any atom is -0.507 e. The molecule has 6 atom stereocenters. The Hall–Kier alpha value is -3.70. The number of phenolic OH excluding ortho intramolecular Hbond substituents is 1. The largest absolute Gasteiger partial charge is 0.507 e. The van der Waals surface area contributed by atoms with E-state index >= 15 is 0 Å². The van der Waals surface area contributed by atoms with Crippen LogP contribution in [0.2, 0.25) is 0 Å². The lowest BCUT2D eigenvalue weighted by Crippen LogP contribution is -2.74. The zero-order valence-corrected chi connectivity index (χ0v) is 22.4. The third-order valence-electron chi connectivity index (χ3n) is 7.79. The van der Waals surface area contributed by atoms with E-state index in [0.717, 1.165) is 0 Å². The Labute approximate surface area is 225 Å². The van der Waals surface area contributed by atoms with E-state index in [9.17, 15) is 39.0 Å². The zero-order valence-electron chi connectivity index (χ0n) is 22.4. The topological polar surface area (TPSA) is 181 Å². The van der Waals surface area contributed by atoms with Gasteiger partial charge in [0.1, 0.15) is 11.4 Å². The third-order valence-corrected chi connectivity index (χ3v) is 7.79. The summed E-state index contributed by atoms with van der Waals surface area (Å²) in [5.41, 5.74) is 2.52. The van der Waals surface area contributed by atoms with E-state index in [4.69, 9.17) is 10.5 Å². The number of hydrogen-bond acceptors (Lipinski definition) is 10. The van der Waals surface area contributed by atoms with E-state index in [0.29, 0.717) is 11.1 Å². The molecule has 0 bridgehead atoms. The van der Waals surface area contributed by atoms with Crippen LogP contribution >= 0.6 is 0 Å². The summed E-state index contributed by atoms with van der Waals surface area (Å²) in [6.45, 7) is 5.15. The SMILES string of the molecule is CN(C)[C@@H]1C(=O)C(C(N)=O)C(=O)[C@@]2(O)C(=O)C3C(=O)c4c(O)ccc(C=CC(=O)OC(C)(C)C)c4C[C@H]3C[C@@H]12. The second kappa shape index (κ2) is 9.49. The van der Waals surface area contributed by atoms with Gasteiger partial charge in [0.05, 0.1) is 17.5 Å². The quantitative estimate of drug-likeness (QED) is 0.271. The van der Waals surface area contributed by atoms with Crippen LogP contribution in [0, 0.1) is 23.7 Å². The number of hydrogen-bond donors (Lipinski definition) is 3. The van der Waals surface area contributed by atoms with Gasteiger partial charge < -0.3 is 20.7 Å². The number of ether oxygens (including phenoxy) is 1. The van der Waals surface area contributed by atoms with Gasteiger partial charge in [0.15, 0.2) is 34.7 Å². The summed E-state index contributed by atoms with van der Waals surface area (Å²) in [6.07, 6.45) is 2.68. The maximum Gasteiger partial charge on any atom is 0.331 e. The van der Waals surface area contributed by atoms with Crippen molar-refractivity contribution in [3.63, 3.8) is 0 Å². The number of esters is 1. The Kier molecular flexibility index (Phi) is 6.89. The van der Waals surface area contributed by atoms with E-state index in [2.05, 4.69) is 0 Å². The highest BCUT2D eigenvalue weighted by Gasteiger charge is 2.69. The second-order valence-corrected chi connectivity index (χ2v) is 11.7. The van der Waals surface area contributed by atoms with Crippen molar-refractivity contribution in [2.24, 2.45) is 29.4 Å². The predicted molar refractivity (Wildman–Crippen MR) is 136 cm³/mol. The van der Waals surface area contributed by atoms with Gasteiger partial charge in [0.2, 0.25) is 5.91 Å². The van der Waals surface area contributed by atoms with Crippen LogP contribution in [0.5, 0.6) is 5.75 Å². The summed E-state index contributed by atoms with van der Waals surface area (Å²) < 4.78 is 5.28. The molecule has 3 aliphatic rings. The molecule has 11 nitrogen and oxygen atoms in total. The number of benzene rings is 1. The van der Waals surface area contributed by atoms with Crippen molar-refractivity contribution in [3.8, 4) is 5.75 Å². The molecule has 0 spiro atoms. The molecule has 2 fully saturated rings. The van der Waals surface area contributed by atoms with Gasteiger partial charge in [-0.25, -0.2) is 4.79 Å². The standard InChI is InChI=1S/C28H32N2O9/c1-27(2,3)39-17(32)9-7-12-6-8-16(31)19-14(12)10-13-11-15-21(30(4)5)23(34)20(26(29)37)25(36)28(15,38)24(35)18(13)22(19)33/h6-9,13,15,18,20-21,31,38H,10-11H2,1-5H3,(H2,29,37)/t13-,15-,18?,20?,21-,28-/m0/s1. The van der Waals surface area contributed by atoms with Gasteiger partial charge >= 0.3 is 5.97 Å². The molecule has 1 aromatic carbocycles. The lowest BCUT2D eigenvalue weighted by atomic mass is 9.52. The number of nitrogens with zero attached hydrogens (tertiary/aromatic N) is 1. The molecule has 4 rings (SSSR count). The summed E-state index contributed by atoms with van der Waals surface area (Å²) in [4.78, 5) is 79.6. The van der Waals surface area contributed by atoms with Crippen LogP contribution < -0.4 is 5.73 Å². The fourth-order valence-electron chi connectivity index (χ4n) is 6.28. The van der Waals surface area contributed by atoms with Gasteiger partial charge in [0, 0.05) is 12.0 Å². The van der Waals surface area contributed by atoms with Gasteiger partial charge in [-0.2, -0.15) is 0 Å². The first kappa shape index (κ1) is 28.3. The molecule has 1 amide bonds. The van der Waals surface area contributed by atoms with E-state index in [1.807, 2.05) is 0 Å². The number of likely N-dealkylation sites (N-methyl/N-ethyl adjacent to an activating group) is 1. The number of phenols is 1. The molecule has 2 unspecified atom stereocenters. The van der Waals surface area contributed by atoms with Crippen molar-refractivity contribution in [1.82, 2.24) is 4.90 Å². The summed E-state index contributed by atoms with van der Waals surface area (Å²) in [7, 11) is 3.04. The molecule has 0 aromatic heterocycles. The normalized spacial score (nSPS) is 30.7. The minimum atomic E-state index is -2.78. The summed E-state index contributed by atoms with van der Waals surface area (Å²) in [6, 6.07) is 1.60. The number of aliphatic hydroxyl groups is 1. The van der Waals surface area contributed by atoms with Gasteiger partial charge in [-0.1, -0.05) is 6.07 Å². The molecule has 208 valence electrons. The number of ketones is 4. The highest BCUT2D eigenvalue weighted by molar-refractivity contribution is 6.32. The Morgan fingerprint density at radius 1 is 1.13 bits per heavy atom. The average molecular weight is 541 g/mol. The Bertz CT molecular complexity index is 1340. The fraction of sp³-hybridized carbons (Fsp3) is 0.500. The Balaban J connectivity index is 1.79. The van der Waals surface area contributed by atoms with Crippen molar-refractivity contribution < 1.29 is 43.7 Å². The lowest BCUT2D eigenvalue weighted by Gasteiger charge is -2.52. The van der Waals surface area contributed by atoms with Crippen molar-refractivity contribution in [3.05, 3.63) is 34.9 Å². The molecule has 39 heavy (non-hydrogen) atoms. The van der Waals surface area contributed by atoms with Crippen LogP contribution in [-0.2, 0) is 35.1 Å². The summed E-state index contributed by atoms with van der Waals surface area (Å²) in [5.74, 6) is -11.7. The number of carbonyl (C=O) groups is 6. The molecule has 11 heteroatoms. The molecule has 4 N–H and O–H groups in total. The van der Waals surface area contributed by atoms with E-state index in [-0.39, 0.29) is 18.4 Å². The van der Waals surface area contributed by atoms with Crippen LogP contribution in [-0.4, -0.2) is 81.5 Å². The molecule has 3 aliphatic carbocycles. The van der Waals surface area contributed by atoms with Crippen LogP contribution in [0.25, 0.3) is 6.08 Å². The fourth-order valence-corrected chi connectivity index (χ4v) is 6.28. The zero-order chi connectivity index (χ0) is 29.2. The molecule has 0 heterocycles. The van der Waals surface area contributed by atoms with Crippen LogP contribution in [0.3, 0.4) is 0 Å². The van der Waals surface area contributed by atoms with Gasteiger partial charge in [-0.05, 0) is 76.9 Å². The van der Waals surface area contributed by atoms with Crippen molar-refractivity contribution in [1.29, 1.82) is 0 Å². The molecule has 0 aliphatic heterocycles. The number of carbonyl (C=O) groups excluding carboxylic acids is 6. The van der Waals surface area contributed by atoms with Crippen molar-refractivity contribution >= 4 is 41.1 Å². The molecule has 1 aromatic rings. The van der Waals surface area contributed by atoms with Gasteiger partial charge in [0.25, 0.3) is 0 Å². The van der Waals surface area contributed by atoms with Crippen molar-refractivity contribution in [2.45, 2.75) is 50.9 Å². The molecular weight excluding hydrogens is 508 g/mol. The van der Waals surface area contributed by atoms with Crippen LogP contribution in [0.4, 0.5) is 0 Å². The van der Waals surface area contributed by atoms with Crippen LogP contribution in [0.15, 0.2) is 18.2 Å². The number of Topliss-reactive ketones (excluding diaryl/α,β-unsaturated/α-hetero) is 4.